The largest absolute Gasteiger partial charge is 0.374 e. The molecule has 1 heterocycles. The van der Waals surface area contributed by atoms with Crippen molar-refractivity contribution in [2.24, 2.45) is 0 Å². The highest BCUT2D eigenvalue weighted by molar-refractivity contribution is 5.17. The Bertz CT molecular complexity index is 375. The van der Waals surface area contributed by atoms with E-state index in [4.69, 9.17) is 10.5 Å². The number of nitrogen functional groups attached to an aromatic ring is 1. The Kier molecular flexibility index (Phi) is 4.87. The molecule has 0 bridgehead atoms. The first-order valence-corrected chi connectivity index (χ1v) is 6.87. The van der Waals surface area contributed by atoms with Gasteiger partial charge >= 0.3 is 0 Å². The summed E-state index contributed by atoms with van der Waals surface area (Å²) >= 11 is 0. The molecule has 1 saturated carbocycles. The smallest absolute Gasteiger partial charge is 0.223 e. The van der Waals surface area contributed by atoms with Crippen molar-refractivity contribution >= 4 is 5.95 Å². The molecule has 1 fully saturated rings. The van der Waals surface area contributed by atoms with E-state index in [9.17, 15) is 0 Å². The molecule has 0 saturated heterocycles. The quantitative estimate of drug-likeness (QED) is 0.831. The fraction of sp³-hybridized carbons (Fsp3) is 0.769. The summed E-state index contributed by atoms with van der Waals surface area (Å²) in [6.07, 6.45) is 7.49. The Morgan fingerprint density at radius 1 is 1.11 bits per heavy atom. The monoisotopic (exact) mass is 250 g/mol. The second-order valence-electron chi connectivity index (χ2n) is 4.79. The van der Waals surface area contributed by atoms with E-state index in [0.717, 1.165) is 18.7 Å². The van der Waals surface area contributed by atoms with E-state index < -0.39 is 0 Å². The third kappa shape index (κ3) is 3.63. The maximum absolute atomic E-state index is 5.76. The number of hydrogen-bond donors (Lipinski definition) is 1. The van der Waals surface area contributed by atoms with Gasteiger partial charge < -0.3 is 10.5 Å². The highest BCUT2D eigenvalue weighted by atomic mass is 16.5. The van der Waals surface area contributed by atoms with Crippen molar-refractivity contribution in [2.45, 2.75) is 58.0 Å². The van der Waals surface area contributed by atoms with Gasteiger partial charge in [0, 0.05) is 12.5 Å². The van der Waals surface area contributed by atoms with E-state index in [1.807, 2.05) is 6.92 Å². The summed E-state index contributed by atoms with van der Waals surface area (Å²) < 4.78 is 5.33. The third-order valence-electron chi connectivity index (χ3n) is 3.37. The first kappa shape index (κ1) is 13.2. The Morgan fingerprint density at radius 2 is 1.83 bits per heavy atom. The summed E-state index contributed by atoms with van der Waals surface area (Å²) in [6, 6.07) is 0. The van der Waals surface area contributed by atoms with E-state index in [-0.39, 0.29) is 0 Å². The van der Waals surface area contributed by atoms with Crippen molar-refractivity contribution in [1.29, 1.82) is 0 Å². The summed E-state index contributed by atoms with van der Waals surface area (Å²) in [4.78, 5) is 12.9. The summed E-state index contributed by atoms with van der Waals surface area (Å²) in [6.45, 7) is 3.03. The van der Waals surface area contributed by atoms with Crippen molar-refractivity contribution < 1.29 is 4.74 Å². The first-order valence-electron chi connectivity index (χ1n) is 6.87. The molecule has 100 valence electrons. The Morgan fingerprint density at radius 3 is 2.50 bits per heavy atom. The van der Waals surface area contributed by atoms with E-state index in [2.05, 4.69) is 15.0 Å². The Balaban J connectivity index is 2.12. The minimum atomic E-state index is 0.318. The van der Waals surface area contributed by atoms with Crippen LogP contribution in [0.1, 0.15) is 63.0 Å². The topological polar surface area (TPSA) is 73.9 Å². The highest BCUT2D eigenvalue weighted by Crippen LogP contribution is 2.29. The van der Waals surface area contributed by atoms with Gasteiger partial charge in [-0.2, -0.15) is 9.97 Å². The first-order chi connectivity index (χ1) is 8.79. The average Bonchev–Trinajstić information content (AvgIpc) is 2.64. The van der Waals surface area contributed by atoms with E-state index in [0.29, 0.717) is 30.9 Å². The van der Waals surface area contributed by atoms with Gasteiger partial charge in [0.15, 0.2) is 5.82 Å². The average molecular weight is 250 g/mol. The van der Waals surface area contributed by atoms with Gasteiger partial charge in [0.1, 0.15) is 12.4 Å². The maximum Gasteiger partial charge on any atom is 0.223 e. The van der Waals surface area contributed by atoms with Crippen LogP contribution in [0, 0.1) is 0 Å². The van der Waals surface area contributed by atoms with Gasteiger partial charge in [-0.15, -0.1) is 0 Å². The molecular weight excluding hydrogens is 228 g/mol. The molecule has 0 amide bonds. The van der Waals surface area contributed by atoms with Gasteiger partial charge in [-0.05, 0) is 19.8 Å². The molecular formula is C13H22N4O. The van der Waals surface area contributed by atoms with Crippen molar-refractivity contribution in [3.05, 3.63) is 11.6 Å². The van der Waals surface area contributed by atoms with Crippen molar-refractivity contribution in [3.8, 4) is 0 Å². The molecule has 2 N–H and O–H groups in total. The number of ether oxygens (including phenoxy) is 1. The van der Waals surface area contributed by atoms with Gasteiger partial charge in [-0.3, -0.25) is 0 Å². The van der Waals surface area contributed by atoms with Crippen LogP contribution in [0.5, 0.6) is 0 Å². The van der Waals surface area contributed by atoms with Crippen LogP contribution in [0.4, 0.5) is 5.95 Å². The molecule has 0 unspecified atom stereocenters. The zero-order valence-corrected chi connectivity index (χ0v) is 11.1. The number of hydrogen-bond acceptors (Lipinski definition) is 5. The number of nitrogens with two attached hydrogens (primary N) is 1. The lowest BCUT2D eigenvalue weighted by Crippen LogP contribution is -2.12. The predicted octanol–water partition coefficient (Wildman–Crippen LogP) is 2.43. The second-order valence-corrected chi connectivity index (χ2v) is 4.79. The van der Waals surface area contributed by atoms with E-state index in [1.54, 1.807) is 0 Å². The van der Waals surface area contributed by atoms with Gasteiger partial charge in [0.2, 0.25) is 5.95 Å². The van der Waals surface area contributed by atoms with Crippen LogP contribution in [0.2, 0.25) is 0 Å². The van der Waals surface area contributed by atoms with Crippen molar-refractivity contribution in [3.63, 3.8) is 0 Å². The zero-order valence-electron chi connectivity index (χ0n) is 11.1. The second kappa shape index (κ2) is 6.64. The van der Waals surface area contributed by atoms with Gasteiger partial charge in [0.25, 0.3) is 0 Å². The van der Waals surface area contributed by atoms with E-state index in [1.165, 1.54) is 25.7 Å². The molecule has 1 aliphatic rings. The molecule has 0 aliphatic heterocycles. The van der Waals surface area contributed by atoms with Gasteiger partial charge in [-0.1, -0.05) is 25.7 Å². The lowest BCUT2D eigenvalue weighted by atomic mass is 10.00. The number of rotatable bonds is 4. The molecule has 0 aromatic carbocycles. The summed E-state index contributed by atoms with van der Waals surface area (Å²) in [5.41, 5.74) is 5.76. The molecule has 5 heteroatoms. The van der Waals surface area contributed by atoms with Crippen LogP contribution in [0.15, 0.2) is 0 Å². The molecule has 0 radical (unpaired) electrons. The van der Waals surface area contributed by atoms with Gasteiger partial charge in [0.05, 0.1) is 0 Å². The predicted molar refractivity (Wildman–Crippen MR) is 70.0 cm³/mol. The fourth-order valence-corrected chi connectivity index (χ4v) is 2.43. The van der Waals surface area contributed by atoms with Crippen LogP contribution in [-0.2, 0) is 11.3 Å². The Hall–Kier alpha value is -1.23. The number of anilines is 1. The van der Waals surface area contributed by atoms with Crippen LogP contribution in [0.25, 0.3) is 0 Å². The molecule has 18 heavy (non-hydrogen) atoms. The Labute approximate surface area is 108 Å². The van der Waals surface area contributed by atoms with Crippen LogP contribution in [0.3, 0.4) is 0 Å². The van der Waals surface area contributed by atoms with Crippen LogP contribution < -0.4 is 5.73 Å². The summed E-state index contributed by atoms with van der Waals surface area (Å²) in [5, 5.41) is 0. The molecule has 0 atom stereocenters. The SMILES string of the molecule is CCOCc1nc(N)nc(C2CCCCCC2)n1. The maximum atomic E-state index is 5.76. The van der Waals surface area contributed by atoms with E-state index >= 15 is 0 Å². The highest BCUT2D eigenvalue weighted by Gasteiger charge is 2.18. The summed E-state index contributed by atoms with van der Waals surface area (Å²) in [7, 11) is 0. The zero-order chi connectivity index (χ0) is 12.8. The van der Waals surface area contributed by atoms with Gasteiger partial charge in [-0.25, -0.2) is 4.98 Å². The lowest BCUT2D eigenvalue weighted by Gasteiger charge is -2.13. The molecule has 1 aromatic heterocycles. The fourth-order valence-electron chi connectivity index (χ4n) is 2.43. The minimum absolute atomic E-state index is 0.318. The number of nitrogens with zero attached hydrogens (tertiary/aromatic N) is 3. The van der Waals surface area contributed by atoms with Crippen LogP contribution in [-0.4, -0.2) is 21.6 Å². The molecule has 1 aliphatic carbocycles. The number of aromatic nitrogens is 3. The molecule has 5 nitrogen and oxygen atoms in total. The van der Waals surface area contributed by atoms with Crippen molar-refractivity contribution in [2.75, 3.05) is 12.3 Å². The van der Waals surface area contributed by atoms with Crippen molar-refractivity contribution in [1.82, 2.24) is 15.0 Å². The molecule has 2 rings (SSSR count). The molecule has 1 aromatic rings. The normalized spacial score (nSPS) is 17.6. The standard InChI is InChI=1S/C13H22N4O/c1-2-18-9-11-15-12(17-13(14)16-11)10-7-5-3-4-6-8-10/h10H,2-9H2,1H3,(H2,14,15,16,17). The third-order valence-corrected chi connectivity index (χ3v) is 3.37. The summed E-state index contributed by atoms with van der Waals surface area (Å²) in [5.74, 6) is 2.28. The lowest BCUT2D eigenvalue weighted by molar-refractivity contribution is 0.128. The van der Waals surface area contributed by atoms with Crippen LogP contribution >= 0.6 is 0 Å². The minimum Gasteiger partial charge on any atom is -0.374 e. The molecule has 0 spiro atoms.